The third-order valence-corrected chi connectivity index (χ3v) is 10.8. The summed E-state index contributed by atoms with van der Waals surface area (Å²) in [6.45, 7) is -0.546. The molecule has 1 fully saturated rings. The number of hydrogen-bond donors (Lipinski definition) is 1. The number of amides is 2. The molecule has 264 valence electrons. The lowest BCUT2D eigenvalue weighted by Gasteiger charge is -2.35. The van der Waals surface area contributed by atoms with Gasteiger partial charge in [-0.3, -0.25) is 13.9 Å². The molecule has 1 aliphatic carbocycles. The number of nitrogens with one attached hydrogen (secondary N) is 1. The molecule has 11 heteroatoms. The number of sulfonamides is 1. The van der Waals surface area contributed by atoms with E-state index in [9.17, 15) is 18.0 Å². The molecule has 2 amide bonds. The second-order valence-corrected chi connectivity index (χ2v) is 14.1. The summed E-state index contributed by atoms with van der Waals surface area (Å²) >= 11 is 0. The van der Waals surface area contributed by atoms with Crippen molar-refractivity contribution in [2.45, 2.75) is 62.0 Å². The third kappa shape index (κ3) is 8.95. The second-order valence-electron chi connectivity index (χ2n) is 12.3. The van der Waals surface area contributed by atoms with Crippen molar-refractivity contribution in [1.29, 1.82) is 0 Å². The highest BCUT2D eigenvalue weighted by atomic mass is 32.2. The third-order valence-electron chi connectivity index (χ3n) is 8.97. The van der Waals surface area contributed by atoms with Gasteiger partial charge in [-0.15, -0.1) is 0 Å². The van der Waals surface area contributed by atoms with Crippen molar-refractivity contribution < 1.29 is 32.2 Å². The lowest BCUT2D eigenvalue weighted by Crippen LogP contribution is -2.55. The predicted molar refractivity (Wildman–Crippen MR) is 193 cm³/mol. The number of nitrogens with zero attached hydrogens (tertiary/aromatic N) is 2. The molecule has 10 nitrogen and oxygen atoms in total. The fourth-order valence-electron chi connectivity index (χ4n) is 6.29. The van der Waals surface area contributed by atoms with Gasteiger partial charge in [0.1, 0.15) is 18.3 Å². The molecule has 0 aromatic heterocycles. The first-order chi connectivity index (χ1) is 24.2. The number of carbonyl (C=O) groups is 2. The minimum Gasteiger partial charge on any atom is -0.497 e. The van der Waals surface area contributed by atoms with Crippen LogP contribution in [0.5, 0.6) is 17.2 Å². The molecule has 0 radical (unpaired) electrons. The summed E-state index contributed by atoms with van der Waals surface area (Å²) < 4.78 is 46.1. The summed E-state index contributed by atoms with van der Waals surface area (Å²) in [5.74, 6) is 0.469. The van der Waals surface area contributed by atoms with E-state index in [-0.39, 0.29) is 35.5 Å². The minimum absolute atomic E-state index is 0.00464. The van der Waals surface area contributed by atoms with Gasteiger partial charge in [-0.1, -0.05) is 79.9 Å². The highest BCUT2D eigenvalue weighted by molar-refractivity contribution is 7.92. The zero-order chi connectivity index (χ0) is 35.5. The molecule has 0 heterocycles. The van der Waals surface area contributed by atoms with Crippen LogP contribution >= 0.6 is 0 Å². The Morgan fingerprint density at radius 3 is 2.08 bits per heavy atom. The van der Waals surface area contributed by atoms with Crippen LogP contribution in [-0.4, -0.2) is 65.1 Å². The van der Waals surface area contributed by atoms with Gasteiger partial charge in [-0.25, -0.2) is 8.42 Å². The fraction of sp³-hybridized carbons (Fsp3) is 0.333. The van der Waals surface area contributed by atoms with Gasteiger partial charge in [-0.05, 0) is 60.4 Å². The number of carbonyl (C=O) groups excluding carboxylic acids is 2. The van der Waals surface area contributed by atoms with E-state index in [2.05, 4.69) is 5.32 Å². The normalized spacial score (nSPS) is 13.9. The van der Waals surface area contributed by atoms with E-state index in [1.54, 1.807) is 43.5 Å². The van der Waals surface area contributed by atoms with Crippen molar-refractivity contribution >= 4 is 27.5 Å². The topological polar surface area (TPSA) is 114 Å². The summed E-state index contributed by atoms with van der Waals surface area (Å²) in [6.07, 6.45) is 5.15. The highest BCUT2D eigenvalue weighted by Gasteiger charge is 2.35. The van der Waals surface area contributed by atoms with Crippen LogP contribution in [0.15, 0.2) is 108 Å². The van der Waals surface area contributed by atoms with Crippen molar-refractivity contribution in [1.82, 2.24) is 10.2 Å². The Morgan fingerprint density at radius 2 is 1.42 bits per heavy atom. The van der Waals surface area contributed by atoms with Gasteiger partial charge in [0.25, 0.3) is 10.0 Å². The molecular weight excluding hydrogens is 655 g/mol. The van der Waals surface area contributed by atoms with Crippen molar-refractivity contribution in [3.8, 4) is 17.2 Å². The van der Waals surface area contributed by atoms with Crippen LogP contribution in [0.1, 0.15) is 43.2 Å². The van der Waals surface area contributed by atoms with Gasteiger partial charge in [0.05, 0.1) is 31.9 Å². The molecule has 1 aliphatic rings. The smallest absolute Gasteiger partial charge is 0.264 e. The minimum atomic E-state index is -4.27. The fourth-order valence-corrected chi connectivity index (χ4v) is 7.72. The molecule has 0 aliphatic heterocycles. The first-order valence-electron chi connectivity index (χ1n) is 16.8. The van der Waals surface area contributed by atoms with Crippen LogP contribution in [0.4, 0.5) is 5.69 Å². The van der Waals surface area contributed by atoms with E-state index in [0.29, 0.717) is 17.2 Å². The van der Waals surface area contributed by atoms with Crippen LogP contribution in [0.25, 0.3) is 0 Å². The molecule has 5 rings (SSSR count). The summed E-state index contributed by atoms with van der Waals surface area (Å²) in [5.41, 5.74) is 1.80. The van der Waals surface area contributed by atoms with Gasteiger partial charge < -0.3 is 24.4 Å². The Balaban J connectivity index is 1.59. The van der Waals surface area contributed by atoms with E-state index >= 15 is 0 Å². The van der Waals surface area contributed by atoms with E-state index in [0.717, 1.165) is 47.5 Å². The standard InChI is InChI=1S/C39H45N3O7S/c1-47-33-19-13-16-30(24-33)27-41(35(25-29-14-7-4-8-15-29)39(44)40-31-17-9-5-10-18-31)38(43)28-42(50(45,46)34-20-11-6-12-21-34)32-22-23-36(48-2)37(26-32)49-3/h4,6-8,11-16,19-24,26,31,35H,5,9-10,17-18,25,27-28H2,1-3H3,(H,40,44). The highest BCUT2D eigenvalue weighted by Crippen LogP contribution is 2.34. The number of rotatable bonds is 15. The summed E-state index contributed by atoms with van der Waals surface area (Å²) in [5, 5.41) is 3.23. The number of anilines is 1. The first-order valence-corrected chi connectivity index (χ1v) is 18.2. The van der Waals surface area contributed by atoms with Crippen LogP contribution in [0.2, 0.25) is 0 Å². The average Bonchev–Trinajstić information content (AvgIpc) is 3.16. The van der Waals surface area contributed by atoms with Crippen molar-refractivity contribution in [3.05, 3.63) is 114 Å². The van der Waals surface area contributed by atoms with Crippen molar-refractivity contribution in [2.24, 2.45) is 0 Å². The Hall–Kier alpha value is -5.03. The molecule has 4 aromatic rings. The van der Waals surface area contributed by atoms with Gasteiger partial charge in [0.2, 0.25) is 11.8 Å². The molecule has 4 aromatic carbocycles. The molecule has 0 saturated heterocycles. The molecule has 0 bridgehead atoms. The zero-order valence-corrected chi connectivity index (χ0v) is 29.6. The lowest BCUT2D eigenvalue weighted by molar-refractivity contribution is -0.140. The summed E-state index contributed by atoms with van der Waals surface area (Å²) in [4.78, 5) is 30.6. The van der Waals surface area contributed by atoms with Crippen LogP contribution < -0.4 is 23.8 Å². The Labute approximate surface area is 295 Å². The van der Waals surface area contributed by atoms with E-state index in [4.69, 9.17) is 14.2 Å². The second kappa shape index (κ2) is 17.1. The van der Waals surface area contributed by atoms with Crippen molar-refractivity contribution in [3.63, 3.8) is 0 Å². The number of benzene rings is 4. The Morgan fingerprint density at radius 1 is 0.760 bits per heavy atom. The SMILES string of the molecule is COc1cccc(CN(C(=O)CN(c2ccc(OC)c(OC)c2)S(=O)(=O)c2ccccc2)C(Cc2ccccc2)C(=O)NC2CCCCC2)c1. The molecule has 1 saturated carbocycles. The average molecular weight is 700 g/mol. The van der Waals surface area contributed by atoms with Crippen molar-refractivity contribution in [2.75, 3.05) is 32.2 Å². The molecule has 1 unspecified atom stereocenters. The zero-order valence-electron chi connectivity index (χ0n) is 28.8. The largest absolute Gasteiger partial charge is 0.497 e. The molecular formula is C39H45N3O7S. The number of hydrogen-bond acceptors (Lipinski definition) is 7. The maximum atomic E-state index is 14.8. The Kier molecular flexibility index (Phi) is 12.4. The Bertz CT molecular complexity index is 1830. The molecule has 1 N–H and O–H groups in total. The predicted octanol–water partition coefficient (Wildman–Crippen LogP) is 6.00. The van der Waals surface area contributed by atoms with Gasteiger partial charge in [-0.2, -0.15) is 0 Å². The quantitative estimate of drug-likeness (QED) is 0.162. The van der Waals surface area contributed by atoms with Gasteiger partial charge in [0, 0.05) is 25.1 Å². The maximum Gasteiger partial charge on any atom is 0.264 e. The summed E-state index contributed by atoms with van der Waals surface area (Å²) in [7, 11) is 0.237. The van der Waals surface area contributed by atoms with E-state index in [1.165, 1.54) is 37.3 Å². The van der Waals surface area contributed by atoms with Gasteiger partial charge in [0.15, 0.2) is 11.5 Å². The molecule has 0 spiro atoms. The van der Waals surface area contributed by atoms with E-state index < -0.39 is 28.5 Å². The number of ether oxygens (including phenoxy) is 3. The van der Waals surface area contributed by atoms with Crippen LogP contribution in [0, 0.1) is 0 Å². The van der Waals surface area contributed by atoms with E-state index in [1.807, 2.05) is 48.5 Å². The van der Waals surface area contributed by atoms with Gasteiger partial charge >= 0.3 is 0 Å². The van der Waals surface area contributed by atoms with Crippen LogP contribution in [-0.2, 0) is 32.6 Å². The number of methoxy groups -OCH3 is 3. The maximum absolute atomic E-state index is 14.8. The molecule has 50 heavy (non-hydrogen) atoms. The first kappa shape index (κ1) is 36.3. The lowest BCUT2D eigenvalue weighted by atomic mass is 9.94. The molecule has 1 atom stereocenters. The monoisotopic (exact) mass is 699 g/mol. The van der Waals surface area contributed by atoms with Crippen LogP contribution in [0.3, 0.4) is 0 Å². The summed E-state index contributed by atoms with van der Waals surface area (Å²) in [6, 6.07) is 28.5.